The summed E-state index contributed by atoms with van der Waals surface area (Å²) >= 11 is 0. The van der Waals surface area contributed by atoms with Gasteiger partial charge in [0.05, 0.1) is 6.54 Å². The fraction of sp³-hybridized carbons (Fsp3) is 0.478. The predicted molar refractivity (Wildman–Crippen MR) is 127 cm³/mol. The van der Waals surface area contributed by atoms with Crippen LogP contribution in [0.2, 0.25) is 0 Å². The first-order chi connectivity index (χ1) is 13.7. The fourth-order valence-electron chi connectivity index (χ4n) is 3.90. The van der Waals surface area contributed by atoms with E-state index < -0.39 is 0 Å². The Morgan fingerprint density at radius 3 is 2.53 bits per heavy atom. The zero-order chi connectivity index (χ0) is 19.8. The van der Waals surface area contributed by atoms with E-state index in [1.807, 2.05) is 30.3 Å². The lowest BCUT2D eigenvalue weighted by molar-refractivity contribution is -0.131. The van der Waals surface area contributed by atoms with Crippen molar-refractivity contribution in [2.45, 2.75) is 32.9 Å². The Kier molecular flexibility index (Phi) is 12.0. The van der Waals surface area contributed by atoms with Crippen molar-refractivity contribution in [2.24, 2.45) is 5.92 Å². The van der Waals surface area contributed by atoms with Crippen LogP contribution in [-0.4, -0.2) is 53.9 Å². The summed E-state index contributed by atoms with van der Waals surface area (Å²) < 4.78 is 0. The number of hydrogen-bond donors (Lipinski definition) is 1. The molecule has 0 radical (unpaired) electrons. The van der Waals surface area contributed by atoms with Crippen molar-refractivity contribution in [1.82, 2.24) is 20.1 Å². The van der Waals surface area contributed by atoms with Crippen LogP contribution >= 0.6 is 24.8 Å². The minimum atomic E-state index is 0. The molecule has 1 aromatic heterocycles. The van der Waals surface area contributed by atoms with Gasteiger partial charge in [-0.15, -0.1) is 24.8 Å². The first-order valence-electron chi connectivity index (χ1n) is 10.2. The van der Waals surface area contributed by atoms with Gasteiger partial charge in [-0.05, 0) is 68.6 Å². The number of nitrogens with zero attached hydrogens (tertiary/aromatic N) is 3. The summed E-state index contributed by atoms with van der Waals surface area (Å²) in [7, 11) is 1.82. The number of likely N-dealkylation sites (N-methyl/N-ethyl adjacent to an activating group) is 1. The van der Waals surface area contributed by atoms with Crippen molar-refractivity contribution in [1.29, 1.82) is 0 Å². The van der Waals surface area contributed by atoms with Crippen LogP contribution in [0, 0.1) is 12.8 Å². The van der Waals surface area contributed by atoms with Crippen LogP contribution in [-0.2, 0) is 17.9 Å². The van der Waals surface area contributed by atoms with Gasteiger partial charge in [-0.25, -0.2) is 0 Å². The molecule has 166 valence electrons. The number of nitrogens with one attached hydrogen (secondary N) is 1. The minimum Gasteiger partial charge on any atom is -0.337 e. The van der Waals surface area contributed by atoms with Crippen LogP contribution in [0.4, 0.5) is 0 Å². The number of carbonyl (C=O) groups is 1. The molecular weight excluding hydrogens is 419 g/mol. The Labute approximate surface area is 193 Å². The Morgan fingerprint density at radius 1 is 1.17 bits per heavy atom. The smallest absolute Gasteiger partial charge is 0.236 e. The van der Waals surface area contributed by atoms with Gasteiger partial charge in [0.25, 0.3) is 0 Å². The molecule has 1 N–H and O–H groups in total. The topological polar surface area (TPSA) is 48.5 Å². The zero-order valence-corrected chi connectivity index (χ0v) is 19.6. The molecule has 0 spiro atoms. The summed E-state index contributed by atoms with van der Waals surface area (Å²) in [5, 5.41) is 3.00. The number of amides is 1. The van der Waals surface area contributed by atoms with E-state index in [1.54, 1.807) is 6.20 Å². The Morgan fingerprint density at radius 2 is 1.90 bits per heavy atom. The molecular formula is C23H34Cl2N4O. The van der Waals surface area contributed by atoms with Gasteiger partial charge in [0.1, 0.15) is 0 Å². The van der Waals surface area contributed by atoms with Crippen LogP contribution < -0.4 is 5.32 Å². The van der Waals surface area contributed by atoms with Gasteiger partial charge >= 0.3 is 0 Å². The molecule has 0 aliphatic carbocycles. The normalized spacial score (nSPS) is 14.5. The lowest BCUT2D eigenvalue weighted by atomic mass is 9.95. The standard InChI is InChI=1S/C23H32N4O.2ClH/c1-19-6-3-4-8-22(19)18-26-12-9-20(10-13-26)16-27(23(28)15-24-2)17-21-7-5-11-25-14-21;;/h3-8,11,14,20,24H,9-10,12-13,15-18H2,1-2H3;2*1H. The summed E-state index contributed by atoms with van der Waals surface area (Å²) in [6.45, 7) is 7.25. The number of rotatable bonds is 8. The maximum atomic E-state index is 12.6. The molecule has 0 unspecified atom stereocenters. The van der Waals surface area contributed by atoms with E-state index >= 15 is 0 Å². The fourth-order valence-corrected chi connectivity index (χ4v) is 3.90. The number of benzene rings is 1. The van der Waals surface area contributed by atoms with Gasteiger partial charge in [-0.1, -0.05) is 30.3 Å². The molecule has 5 nitrogen and oxygen atoms in total. The molecule has 1 amide bonds. The van der Waals surface area contributed by atoms with E-state index in [-0.39, 0.29) is 30.7 Å². The van der Waals surface area contributed by atoms with Crippen molar-refractivity contribution in [2.75, 3.05) is 33.2 Å². The zero-order valence-electron chi connectivity index (χ0n) is 17.9. The lowest BCUT2D eigenvalue weighted by Gasteiger charge is -2.35. The summed E-state index contributed by atoms with van der Waals surface area (Å²) in [4.78, 5) is 21.3. The molecule has 7 heteroatoms. The highest BCUT2D eigenvalue weighted by Crippen LogP contribution is 2.22. The molecule has 0 bridgehead atoms. The highest BCUT2D eigenvalue weighted by atomic mass is 35.5. The molecule has 1 saturated heterocycles. The Balaban J connectivity index is 0.00000225. The van der Waals surface area contributed by atoms with E-state index in [0.29, 0.717) is 19.0 Å². The third-order valence-electron chi connectivity index (χ3n) is 5.62. The summed E-state index contributed by atoms with van der Waals surface area (Å²) in [5.74, 6) is 0.722. The second kappa shape index (κ2) is 13.6. The molecule has 2 aromatic rings. The number of aromatic nitrogens is 1. The summed E-state index contributed by atoms with van der Waals surface area (Å²) in [5.41, 5.74) is 3.87. The van der Waals surface area contributed by atoms with Crippen LogP contribution in [0.25, 0.3) is 0 Å². The van der Waals surface area contributed by atoms with Gasteiger partial charge < -0.3 is 10.2 Å². The maximum Gasteiger partial charge on any atom is 0.236 e. The maximum absolute atomic E-state index is 12.6. The third-order valence-corrected chi connectivity index (χ3v) is 5.62. The van der Waals surface area contributed by atoms with E-state index in [4.69, 9.17) is 0 Å². The summed E-state index contributed by atoms with van der Waals surface area (Å²) in [6, 6.07) is 12.6. The van der Waals surface area contributed by atoms with Gasteiger partial charge in [0.15, 0.2) is 0 Å². The highest BCUT2D eigenvalue weighted by molar-refractivity contribution is 5.85. The molecule has 30 heavy (non-hydrogen) atoms. The SMILES string of the molecule is CNCC(=O)N(Cc1cccnc1)CC1CCN(Cc2ccccc2C)CC1.Cl.Cl. The molecule has 1 fully saturated rings. The van der Waals surface area contributed by atoms with Crippen LogP contribution in [0.15, 0.2) is 48.8 Å². The first kappa shape index (κ1) is 26.4. The van der Waals surface area contributed by atoms with Crippen molar-refractivity contribution >= 4 is 30.7 Å². The average molecular weight is 453 g/mol. The molecule has 0 saturated carbocycles. The van der Waals surface area contributed by atoms with Crippen molar-refractivity contribution in [3.05, 3.63) is 65.5 Å². The number of aryl methyl sites for hydroxylation is 1. The van der Waals surface area contributed by atoms with Gasteiger partial charge in [-0.3, -0.25) is 14.7 Å². The molecule has 1 aliphatic heterocycles. The number of hydrogen-bond acceptors (Lipinski definition) is 4. The molecule has 1 aliphatic rings. The second-order valence-corrected chi connectivity index (χ2v) is 7.81. The molecule has 2 heterocycles. The van der Waals surface area contributed by atoms with Crippen LogP contribution in [0.1, 0.15) is 29.5 Å². The second-order valence-electron chi connectivity index (χ2n) is 7.81. The van der Waals surface area contributed by atoms with Gasteiger partial charge in [0, 0.05) is 32.0 Å². The molecule has 1 aromatic carbocycles. The average Bonchev–Trinajstić information content (AvgIpc) is 2.71. The molecule has 0 atom stereocenters. The van der Waals surface area contributed by atoms with Crippen molar-refractivity contribution in [3.63, 3.8) is 0 Å². The number of carbonyl (C=O) groups excluding carboxylic acids is 1. The number of likely N-dealkylation sites (tertiary alicyclic amines) is 1. The number of halogens is 2. The van der Waals surface area contributed by atoms with E-state index in [0.717, 1.165) is 44.6 Å². The molecule has 3 rings (SSSR count). The predicted octanol–water partition coefficient (Wildman–Crippen LogP) is 3.69. The first-order valence-corrected chi connectivity index (χ1v) is 10.2. The van der Waals surface area contributed by atoms with Crippen LogP contribution in [0.3, 0.4) is 0 Å². The number of piperidine rings is 1. The Bertz CT molecular complexity index is 752. The number of pyridine rings is 1. The lowest BCUT2D eigenvalue weighted by Crippen LogP contribution is -2.43. The quantitative estimate of drug-likeness (QED) is 0.663. The van der Waals surface area contributed by atoms with Gasteiger partial charge in [-0.2, -0.15) is 0 Å². The van der Waals surface area contributed by atoms with E-state index in [2.05, 4.69) is 46.4 Å². The van der Waals surface area contributed by atoms with Crippen molar-refractivity contribution in [3.8, 4) is 0 Å². The van der Waals surface area contributed by atoms with Crippen LogP contribution in [0.5, 0.6) is 0 Å². The third kappa shape index (κ3) is 7.88. The van der Waals surface area contributed by atoms with E-state index in [1.165, 1.54) is 11.1 Å². The summed E-state index contributed by atoms with van der Waals surface area (Å²) in [6.07, 6.45) is 5.91. The minimum absolute atomic E-state index is 0. The van der Waals surface area contributed by atoms with E-state index in [9.17, 15) is 4.79 Å². The largest absolute Gasteiger partial charge is 0.337 e. The monoisotopic (exact) mass is 452 g/mol. The van der Waals surface area contributed by atoms with Gasteiger partial charge in [0.2, 0.25) is 5.91 Å². The van der Waals surface area contributed by atoms with Crippen molar-refractivity contribution < 1.29 is 4.79 Å². The Hall–Kier alpha value is -1.66. The highest BCUT2D eigenvalue weighted by Gasteiger charge is 2.24.